The SMILES string of the molecule is C=CCOCc1cc(-c2ccnc(Nc3ccc(OCCN4CCCC4)c(COCC=C)c3)n2)ccc1F. The number of ether oxygens (including phenoxy) is 3. The van der Waals surface area contributed by atoms with Crippen LogP contribution in [0.15, 0.2) is 74.0 Å². The summed E-state index contributed by atoms with van der Waals surface area (Å²) in [6.07, 6.45) is 7.55. The summed E-state index contributed by atoms with van der Waals surface area (Å²) in [5.41, 5.74) is 3.64. The van der Waals surface area contributed by atoms with Crippen LogP contribution in [0.1, 0.15) is 24.0 Å². The van der Waals surface area contributed by atoms with Crippen LogP contribution in [0, 0.1) is 5.82 Å². The summed E-state index contributed by atoms with van der Waals surface area (Å²) >= 11 is 0. The van der Waals surface area contributed by atoms with Crippen molar-refractivity contribution in [2.45, 2.75) is 26.1 Å². The van der Waals surface area contributed by atoms with Gasteiger partial charge >= 0.3 is 0 Å². The van der Waals surface area contributed by atoms with Crippen LogP contribution in [0.3, 0.4) is 0 Å². The molecule has 3 aromatic rings. The van der Waals surface area contributed by atoms with Gasteiger partial charge in [0.2, 0.25) is 5.95 Å². The maximum Gasteiger partial charge on any atom is 0.227 e. The highest BCUT2D eigenvalue weighted by atomic mass is 19.1. The van der Waals surface area contributed by atoms with E-state index in [1.807, 2.05) is 18.2 Å². The van der Waals surface area contributed by atoms with E-state index in [1.54, 1.807) is 36.5 Å². The van der Waals surface area contributed by atoms with E-state index in [4.69, 9.17) is 14.2 Å². The van der Waals surface area contributed by atoms with E-state index in [-0.39, 0.29) is 12.4 Å². The molecule has 0 unspecified atom stereocenters. The molecule has 0 spiro atoms. The van der Waals surface area contributed by atoms with Gasteiger partial charge in [-0.2, -0.15) is 0 Å². The van der Waals surface area contributed by atoms with Gasteiger partial charge in [-0.25, -0.2) is 14.4 Å². The van der Waals surface area contributed by atoms with Gasteiger partial charge in [0, 0.05) is 35.1 Å². The number of anilines is 2. The molecular formula is C30H35FN4O3. The van der Waals surface area contributed by atoms with Crippen molar-refractivity contribution >= 4 is 11.6 Å². The van der Waals surface area contributed by atoms with Crippen LogP contribution in [0.25, 0.3) is 11.3 Å². The molecule has 200 valence electrons. The van der Waals surface area contributed by atoms with Gasteiger partial charge < -0.3 is 19.5 Å². The van der Waals surface area contributed by atoms with Crippen molar-refractivity contribution in [2.75, 3.05) is 44.8 Å². The first-order valence-electron chi connectivity index (χ1n) is 12.9. The number of aromatic nitrogens is 2. The van der Waals surface area contributed by atoms with Gasteiger partial charge in [-0.3, -0.25) is 4.90 Å². The lowest BCUT2D eigenvalue weighted by molar-refractivity contribution is 0.144. The lowest BCUT2D eigenvalue weighted by atomic mass is 10.1. The molecule has 1 saturated heterocycles. The molecule has 7 nitrogen and oxygen atoms in total. The third-order valence-corrected chi connectivity index (χ3v) is 6.16. The standard InChI is InChI=1S/C30H35FN4O3/c1-3-16-36-21-24-19-23(7-9-27(24)31)28-11-12-32-30(34-28)33-26-8-10-29(25(20-26)22-37-17-4-2)38-18-15-35-13-5-6-14-35/h3-4,7-12,19-20H,1-2,5-6,13-18,21-22H2,(H,32,33,34). The molecule has 1 aliphatic rings. The fourth-order valence-electron chi connectivity index (χ4n) is 4.26. The molecule has 1 N–H and O–H groups in total. The van der Waals surface area contributed by atoms with Crippen molar-refractivity contribution in [3.63, 3.8) is 0 Å². The minimum absolute atomic E-state index is 0.158. The Bertz CT molecular complexity index is 1210. The fourth-order valence-corrected chi connectivity index (χ4v) is 4.26. The summed E-state index contributed by atoms with van der Waals surface area (Å²) in [4.78, 5) is 11.4. The van der Waals surface area contributed by atoms with Gasteiger partial charge in [0.05, 0.1) is 32.1 Å². The lowest BCUT2D eigenvalue weighted by Crippen LogP contribution is -2.25. The molecule has 1 aliphatic heterocycles. The molecule has 0 atom stereocenters. The summed E-state index contributed by atoms with van der Waals surface area (Å²) in [5.74, 6) is 0.905. The molecular weight excluding hydrogens is 483 g/mol. The summed E-state index contributed by atoms with van der Waals surface area (Å²) in [6.45, 7) is 12.5. The Balaban J connectivity index is 1.46. The first-order chi connectivity index (χ1) is 18.7. The van der Waals surface area contributed by atoms with E-state index in [2.05, 4.69) is 33.3 Å². The van der Waals surface area contributed by atoms with Crippen molar-refractivity contribution in [3.8, 4) is 17.0 Å². The molecule has 0 bridgehead atoms. The molecule has 0 amide bonds. The summed E-state index contributed by atoms with van der Waals surface area (Å²) < 4.78 is 31.5. The second-order valence-corrected chi connectivity index (χ2v) is 9.02. The highest BCUT2D eigenvalue weighted by Crippen LogP contribution is 2.27. The molecule has 2 aromatic carbocycles. The smallest absolute Gasteiger partial charge is 0.227 e. The third kappa shape index (κ3) is 7.95. The number of nitrogens with zero attached hydrogens (tertiary/aromatic N) is 3. The molecule has 8 heteroatoms. The van der Waals surface area contributed by atoms with Crippen LogP contribution in [0.2, 0.25) is 0 Å². The van der Waals surface area contributed by atoms with Gasteiger partial charge in [0.25, 0.3) is 0 Å². The average molecular weight is 519 g/mol. The molecule has 0 saturated carbocycles. The summed E-state index contributed by atoms with van der Waals surface area (Å²) in [7, 11) is 0. The van der Waals surface area contributed by atoms with Crippen molar-refractivity contribution in [2.24, 2.45) is 0 Å². The second-order valence-electron chi connectivity index (χ2n) is 9.02. The van der Waals surface area contributed by atoms with Gasteiger partial charge in [-0.05, 0) is 68.4 Å². The summed E-state index contributed by atoms with van der Waals surface area (Å²) in [6, 6.07) is 12.5. The van der Waals surface area contributed by atoms with Gasteiger partial charge in [0.1, 0.15) is 18.2 Å². The number of nitrogens with one attached hydrogen (secondary N) is 1. The van der Waals surface area contributed by atoms with Crippen LogP contribution >= 0.6 is 0 Å². The number of benzene rings is 2. The Morgan fingerprint density at radius 1 is 0.947 bits per heavy atom. The van der Waals surface area contributed by atoms with Crippen LogP contribution < -0.4 is 10.1 Å². The summed E-state index contributed by atoms with van der Waals surface area (Å²) in [5, 5.41) is 3.27. The average Bonchev–Trinajstić information content (AvgIpc) is 3.45. The second kappa shape index (κ2) is 14.4. The maximum absolute atomic E-state index is 14.2. The van der Waals surface area contributed by atoms with Crippen molar-refractivity contribution < 1.29 is 18.6 Å². The third-order valence-electron chi connectivity index (χ3n) is 6.16. The molecule has 38 heavy (non-hydrogen) atoms. The van der Waals surface area contributed by atoms with E-state index >= 15 is 0 Å². The number of likely N-dealkylation sites (tertiary alicyclic amines) is 1. The van der Waals surface area contributed by atoms with Gasteiger partial charge in [-0.1, -0.05) is 12.2 Å². The Hall–Kier alpha value is -3.59. The zero-order valence-corrected chi connectivity index (χ0v) is 21.7. The molecule has 0 aliphatic carbocycles. The fraction of sp³-hybridized carbons (Fsp3) is 0.333. The van der Waals surface area contributed by atoms with E-state index < -0.39 is 0 Å². The number of hydrogen-bond acceptors (Lipinski definition) is 7. The first-order valence-corrected chi connectivity index (χ1v) is 12.9. The first kappa shape index (κ1) is 27.4. The maximum atomic E-state index is 14.2. The van der Waals surface area contributed by atoms with Crippen LogP contribution in [-0.4, -0.2) is 54.3 Å². The Labute approximate surface area is 224 Å². The lowest BCUT2D eigenvalue weighted by Gasteiger charge is -2.17. The number of hydrogen-bond donors (Lipinski definition) is 1. The number of rotatable bonds is 15. The van der Waals surface area contributed by atoms with E-state index in [0.717, 1.165) is 42.2 Å². The van der Waals surface area contributed by atoms with Crippen LogP contribution in [-0.2, 0) is 22.7 Å². The Morgan fingerprint density at radius 3 is 2.47 bits per heavy atom. The topological polar surface area (TPSA) is 68.7 Å². The Kier molecular flexibility index (Phi) is 10.4. The van der Waals surface area contributed by atoms with Crippen LogP contribution in [0.5, 0.6) is 5.75 Å². The zero-order valence-electron chi connectivity index (χ0n) is 21.7. The molecule has 1 aromatic heterocycles. The normalized spacial score (nSPS) is 13.4. The predicted octanol–water partition coefficient (Wildman–Crippen LogP) is 5.91. The van der Waals surface area contributed by atoms with E-state index in [0.29, 0.717) is 43.6 Å². The van der Waals surface area contributed by atoms with Crippen molar-refractivity contribution in [1.29, 1.82) is 0 Å². The van der Waals surface area contributed by atoms with E-state index in [1.165, 1.54) is 18.9 Å². The largest absolute Gasteiger partial charge is 0.492 e. The van der Waals surface area contributed by atoms with Crippen molar-refractivity contribution in [3.05, 3.63) is 90.9 Å². The quantitative estimate of drug-likeness (QED) is 0.198. The number of halogens is 1. The molecule has 4 rings (SSSR count). The van der Waals surface area contributed by atoms with Gasteiger partial charge in [0.15, 0.2) is 0 Å². The minimum atomic E-state index is -0.320. The van der Waals surface area contributed by atoms with Crippen molar-refractivity contribution in [1.82, 2.24) is 14.9 Å². The molecule has 0 radical (unpaired) electrons. The monoisotopic (exact) mass is 518 g/mol. The minimum Gasteiger partial charge on any atom is -0.492 e. The van der Waals surface area contributed by atoms with E-state index in [9.17, 15) is 4.39 Å². The Morgan fingerprint density at radius 2 is 1.71 bits per heavy atom. The zero-order chi connectivity index (χ0) is 26.6. The highest BCUT2D eigenvalue weighted by Gasteiger charge is 2.13. The predicted molar refractivity (Wildman–Crippen MR) is 148 cm³/mol. The molecule has 2 heterocycles. The molecule has 1 fully saturated rings. The highest BCUT2D eigenvalue weighted by molar-refractivity contribution is 5.63. The van der Waals surface area contributed by atoms with Crippen LogP contribution in [0.4, 0.5) is 16.0 Å². The van der Waals surface area contributed by atoms with Gasteiger partial charge in [-0.15, -0.1) is 13.2 Å².